The van der Waals surface area contributed by atoms with E-state index < -0.39 is 0 Å². The number of rotatable bonds is 2. The molecule has 1 heterocycles. The van der Waals surface area contributed by atoms with Crippen LogP contribution in [0.1, 0.15) is 18.9 Å². The minimum Gasteiger partial charge on any atom is -0.542 e. The average Bonchev–Trinajstić information content (AvgIpc) is 2.56. The van der Waals surface area contributed by atoms with E-state index in [4.69, 9.17) is 4.74 Å². The van der Waals surface area contributed by atoms with Crippen molar-refractivity contribution in [3.05, 3.63) is 36.4 Å². The molecule has 76 valence electrons. The second kappa shape index (κ2) is 7.11. The van der Waals surface area contributed by atoms with Gasteiger partial charge in [0, 0.05) is 4.90 Å². The van der Waals surface area contributed by atoms with E-state index in [1.54, 1.807) is 0 Å². The predicted octanol–water partition coefficient (Wildman–Crippen LogP) is 0.635. The van der Waals surface area contributed by atoms with Crippen molar-refractivity contribution in [2.75, 3.05) is 0 Å². The molecule has 0 radical (unpaired) electrons. The Morgan fingerprint density at radius 1 is 1.33 bits per heavy atom. The second-order valence-corrected chi connectivity index (χ2v) is 5.08. The fraction of sp³-hybridized carbons (Fsp3) is 0.417. The average molecular weight is 340 g/mol. The van der Waals surface area contributed by atoms with E-state index >= 15 is 0 Å². The molecule has 1 fully saturated rings. The van der Waals surface area contributed by atoms with Crippen LogP contribution >= 0.6 is 11.8 Å². The molecule has 3 heteroatoms. The van der Waals surface area contributed by atoms with Gasteiger partial charge in [0.2, 0.25) is 0 Å². The van der Waals surface area contributed by atoms with Gasteiger partial charge in [-0.2, -0.15) is 0 Å². The quantitative estimate of drug-likeness (QED) is 0.731. The summed E-state index contributed by atoms with van der Waals surface area (Å²) in [6.45, 7) is 6.25. The summed E-state index contributed by atoms with van der Waals surface area (Å²) in [5.41, 5.74) is 1.62. The number of benzene rings is 1. The third kappa shape index (κ3) is 4.76. The Morgan fingerprint density at radius 2 is 2.00 bits per heavy atom. The van der Waals surface area contributed by atoms with E-state index in [0.29, 0.717) is 11.4 Å². The SMILES string of the molecule is Cc1ccc(SC2C[C@@H](C)[CH-]O2)cc1.[Cs+]. The number of aryl methyl sites for hydroxylation is 1. The van der Waals surface area contributed by atoms with E-state index in [0.717, 1.165) is 6.42 Å². The van der Waals surface area contributed by atoms with Gasteiger partial charge in [-0.25, -0.2) is 6.61 Å². The molecule has 2 rings (SSSR count). The van der Waals surface area contributed by atoms with E-state index in [9.17, 15) is 0 Å². The van der Waals surface area contributed by atoms with Gasteiger partial charge in [0.1, 0.15) is 0 Å². The molecule has 0 aromatic heterocycles. The minimum absolute atomic E-state index is 0. The van der Waals surface area contributed by atoms with Crippen molar-refractivity contribution in [3.63, 3.8) is 0 Å². The van der Waals surface area contributed by atoms with Gasteiger partial charge in [0.05, 0.1) is 5.44 Å². The Bertz CT molecular complexity index is 299. The maximum atomic E-state index is 5.54. The molecule has 1 aromatic carbocycles. The summed E-state index contributed by atoms with van der Waals surface area (Å²) in [5, 5.41) is 0. The predicted molar refractivity (Wildman–Crippen MR) is 60.0 cm³/mol. The smallest absolute Gasteiger partial charge is 0.542 e. The largest absolute Gasteiger partial charge is 1.00 e. The summed E-state index contributed by atoms with van der Waals surface area (Å²) < 4.78 is 5.54. The molecule has 0 amide bonds. The molecule has 0 spiro atoms. The minimum atomic E-state index is 0. The van der Waals surface area contributed by atoms with Crippen LogP contribution in [0.5, 0.6) is 0 Å². The molecular formula is C12H15CsOS. The van der Waals surface area contributed by atoms with Gasteiger partial charge in [0.25, 0.3) is 0 Å². The van der Waals surface area contributed by atoms with E-state index in [1.807, 2.05) is 18.4 Å². The molecular weight excluding hydrogens is 325 g/mol. The van der Waals surface area contributed by atoms with Crippen molar-refractivity contribution in [2.24, 2.45) is 5.92 Å². The standard InChI is InChI=1S/C12H15OS.Cs/c1-9-3-5-11(6-4-9)14-12-7-10(2)8-13-12;/h3-6,8,10,12H,7H2,1-2H3;/q-1;+1/t10-,12?;/m1./s1. The Kier molecular flexibility index (Phi) is 6.94. The molecule has 0 bridgehead atoms. The molecule has 0 saturated carbocycles. The summed E-state index contributed by atoms with van der Waals surface area (Å²) in [6.07, 6.45) is 1.12. The molecule has 0 aliphatic carbocycles. The third-order valence-corrected chi connectivity index (χ3v) is 3.43. The molecule has 0 N–H and O–H groups in total. The molecule has 1 aromatic rings. The number of hydrogen-bond donors (Lipinski definition) is 0. The fourth-order valence-corrected chi connectivity index (χ4v) is 2.60. The van der Waals surface area contributed by atoms with Crippen molar-refractivity contribution in [1.29, 1.82) is 0 Å². The first-order valence-electron chi connectivity index (χ1n) is 4.96. The van der Waals surface area contributed by atoms with Crippen LogP contribution in [0.2, 0.25) is 0 Å². The zero-order chi connectivity index (χ0) is 9.97. The van der Waals surface area contributed by atoms with Crippen LogP contribution in [0.3, 0.4) is 0 Å². The zero-order valence-electron chi connectivity index (χ0n) is 9.57. The van der Waals surface area contributed by atoms with Crippen molar-refractivity contribution in [3.8, 4) is 0 Å². The van der Waals surface area contributed by atoms with Crippen molar-refractivity contribution in [2.45, 2.75) is 30.6 Å². The second-order valence-electron chi connectivity index (χ2n) is 3.85. The van der Waals surface area contributed by atoms with Gasteiger partial charge < -0.3 is 4.74 Å². The maximum absolute atomic E-state index is 5.54. The van der Waals surface area contributed by atoms with Crippen LogP contribution in [-0.2, 0) is 4.74 Å². The van der Waals surface area contributed by atoms with E-state index in [-0.39, 0.29) is 68.9 Å². The first-order chi connectivity index (χ1) is 6.74. The summed E-state index contributed by atoms with van der Waals surface area (Å²) in [5.74, 6) is 0.595. The summed E-state index contributed by atoms with van der Waals surface area (Å²) in [4.78, 5) is 1.29. The first-order valence-corrected chi connectivity index (χ1v) is 5.84. The Labute approximate surface area is 155 Å². The molecule has 1 aliphatic heterocycles. The van der Waals surface area contributed by atoms with Crippen LogP contribution in [-0.4, -0.2) is 5.44 Å². The summed E-state index contributed by atoms with van der Waals surface area (Å²) in [7, 11) is 0. The number of thioether (sulfide) groups is 1. The van der Waals surface area contributed by atoms with Gasteiger partial charge in [0.15, 0.2) is 0 Å². The van der Waals surface area contributed by atoms with Gasteiger partial charge in [-0.15, -0.1) is 5.92 Å². The molecule has 15 heavy (non-hydrogen) atoms. The van der Waals surface area contributed by atoms with Crippen molar-refractivity contribution in [1.82, 2.24) is 0 Å². The molecule has 1 saturated heterocycles. The van der Waals surface area contributed by atoms with E-state index in [1.165, 1.54) is 10.5 Å². The number of hydrogen-bond acceptors (Lipinski definition) is 2. The van der Waals surface area contributed by atoms with Crippen molar-refractivity contribution < 1.29 is 73.6 Å². The molecule has 1 unspecified atom stereocenters. The van der Waals surface area contributed by atoms with Gasteiger partial charge in [-0.1, -0.05) is 36.4 Å². The van der Waals surface area contributed by atoms with Crippen LogP contribution < -0.4 is 68.9 Å². The third-order valence-electron chi connectivity index (χ3n) is 2.32. The summed E-state index contributed by atoms with van der Waals surface area (Å²) in [6, 6.07) is 8.60. The van der Waals surface area contributed by atoms with Gasteiger partial charge in [-0.05, 0) is 25.5 Å². The van der Waals surface area contributed by atoms with E-state index in [2.05, 4.69) is 38.1 Å². The monoisotopic (exact) mass is 340 g/mol. The van der Waals surface area contributed by atoms with Crippen LogP contribution in [0.4, 0.5) is 0 Å². The zero-order valence-corrected chi connectivity index (χ0v) is 16.7. The van der Waals surface area contributed by atoms with Crippen LogP contribution in [0.15, 0.2) is 29.2 Å². The Morgan fingerprint density at radius 3 is 2.53 bits per heavy atom. The molecule has 1 aliphatic rings. The number of ether oxygens (including phenoxy) is 1. The normalized spacial score (nSPS) is 24.9. The van der Waals surface area contributed by atoms with Crippen LogP contribution in [0.25, 0.3) is 0 Å². The first kappa shape index (κ1) is 14.6. The topological polar surface area (TPSA) is 9.23 Å². The van der Waals surface area contributed by atoms with Crippen molar-refractivity contribution >= 4 is 11.8 Å². The fourth-order valence-electron chi connectivity index (χ4n) is 1.48. The molecule has 2 atom stereocenters. The van der Waals surface area contributed by atoms with Crippen LogP contribution in [0, 0.1) is 19.4 Å². The van der Waals surface area contributed by atoms with Gasteiger partial charge >= 0.3 is 68.9 Å². The van der Waals surface area contributed by atoms with Gasteiger partial charge in [-0.3, -0.25) is 0 Å². The summed E-state index contributed by atoms with van der Waals surface area (Å²) >= 11 is 1.81. The molecule has 1 nitrogen and oxygen atoms in total. The Balaban J connectivity index is 0.00000112. The Hall–Kier alpha value is 1.58. The maximum Gasteiger partial charge on any atom is 1.00 e.